The zero-order chi connectivity index (χ0) is 22.4. The molecule has 0 unspecified atom stereocenters. The lowest BCUT2D eigenvalue weighted by Crippen LogP contribution is -2.11. The number of carbonyl (C=O) groups is 1. The fraction of sp³-hybridized carbons (Fsp3) is 0.0385. The van der Waals surface area contributed by atoms with Gasteiger partial charge in [0.1, 0.15) is 0 Å². The van der Waals surface area contributed by atoms with Gasteiger partial charge in [0.05, 0.1) is 11.0 Å². The van der Waals surface area contributed by atoms with Gasteiger partial charge in [-0.2, -0.15) is 0 Å². The van der Waals surface area contributed by atoms with Crippen LogP contribution in [-0.4, -0.2) is 10.5 Å². The van der Waals surface area contributed by atoms with Crippen LogP contribution in [0.25, 0.3) is 32.9 Å². The van der Waals surface area contributed by atoms with Gasteiger partial charge in [0, 0.05) is 37.9 Å². The maximum absolute atomic E-state index is 12.2. The maximum atomic E-state index is 12.2. The van der Waals surface area contributed by atoms with Crippen molar-refractivity contribution in [3.63, 3.8) is 0 Å². The molecule has 4 aromatic carbocycles. The van der Waals surface area contributed by atoms with Crippen molar-refractivity contribution in [3.05, 3.63) is 105 Å². The fourth-order valence-corrected chi connectivity index (χ4v) is 4.92. The van der Waals surface area contributed by atoms with E-state index in [0.717, 1.165) is 38.5 Å². The smallest absolute Gasteiger partial charge is 0.249 e. The van der Waals surface area contributed by atoms with E-state index in [1.165, 1.54) is 0 Å². The summed E-state index contributed by atoms with van der Waals surface area (Å²) in [7, 11) is 0. The number of benzene rings is 4. The number of halogens is 3. The van der Waals surface area contributed by atoms with Crippen LogP contribution in [0.5, 0.6) is 0 Å². The summed E-state index contributed by atoms with van der Waals surface area (Å²) in [6.45, 7) is 0.534. The first-order valence-electron chi connectivity index (χ1n) is 9.96. The van der Waals surface area contributed by atoms with Crippen LogP contribution in [0, 0.1) is 0 Å². The van der Waals surface area contributed by atoms with E-state index in [-0.39, 0.29) is 0 Å². The number of hydrogen-bond acceptors (Lipinski definition) is 1. The number of nitrogens with two attached hydrogens (primary N) is 1. The molecule has 0 spiro atoms. The summed E-state index contributed by atoms with van der Waals surface area (Å²) >= 11 is 18.6. The van der Waals surface area contributed by atoms with Crippen molar-refractivity contribution in [1.29, 1.82) is 0 Å². The summed E-state index contributed by atoms with van der Waals surface area (Å²) in [5.74, 6) is -0.456. The van der Waals surface area contributed by atoms with Crippen LogP contribution < -0.4 is 5.73 Å². The third-order valence-corrected chi connectivity index (χ3v) is 6.29. The predicted molar refractivity (Wildman–Crippen MR) is 134 cm³/mol. The molecule has 0 atom stereocenters. The SMILES string of the molecule is NC(=O)c1cccc2c1c1ccc(-c3ccc(Cl)cc3)cc1n2Cc1cc(Cl)cc(Cl)c1. The Morgan fingerprint density at radius 2 is 1.44 bits per heavy atom. The van der Waals surface area contributed by atoms with E-state index in [4.69, 9.17) is 40.5 Å². The molecule has 0 bridgehead atoms. The highest BCUT2D eigenvalue weighted by Crippen LogP contribution is 2.35. The topological polar surface area (TPSA) is 48.0 Å². The molecule has 3 nitrogen and oxygen atoms in total. The average Bonchev–Trinajstić information content (AvgIpc) is 3.06. The molecule has 0 aliphatic carbocycles. The number of carbonyl (C=O) groups excluding carboxylic acids is 1. The van der Waals surface area contributed by atoms with Crippen molar-refractivity contribution in [2.24, 2.45) is 5.73 Å². The van der Waals surface area contributed by atoms with Gasteiger partial charge in [0.25, 0.3) is 0 Å². The molecule has 0 fully saturated rings. The summed E-state index contributed by atoms with van der Waals surface area (Å²) in [4.78, 5) is 12.2. The summed E-state index contributed by atoms with van der Waals surface area (Å²) in [6.07, 6.45) is 0. The molecule has 0 saturated heterocycles. The standard InChI is InChI=1S/C26H17Cl3N2O/c27-18-7-4-16(5-8-18)17-6-9-21-24(12-17)31(14-15-10-19(28)13-20(29)11-15)23-3-1-2-22(25(21)23)26(30)32/h1-13H,14H2,(H2,30,32). The maximum Gasteiger partial charge on any atom is 0.249 e. The second-order valence-electron chi connectivity index (χ2n) is 7.67. The molecule has 0 saturated carbocycles. The molecular formula is C26H17Cl3N2O. The Hall–Kier alpha value is -2.98. The molecular weight excluding hydrogens is 463 g/mol. The highest BCUT2D eigenvalue weighted by molar-refractivity contribution is 6.34. The first kappa shape index (κ1) is 20.9. The Balaban J connectivity index is 1.79. The van der Waals surface area contributed by atoms with Gasteiger partial charge in [-0.05, 0) is 65.2 Å². The van der Waals surface area contributed by atoms with E-state index in [1.807, 2.05) is 60.7 Å². The summed E-state index contributed by atoms with van der Waals surface area (Å²) in [6, 6.07) is 25.0. The zero-order valence-electron chi connectivity index (χ0n) is 16.8. The number of rotatable bonds is 4. The normalized spacial score (nSPS) is 11.3. The number of amides is 1. The largest absolute Gasteiger partial charge is 0.366 e. The average molecular weight is 480 g/mol. The quantitative estimate of drug-likeness (QED) is 0.284. The molecule has 0 aliphatic rings. The van der Waals surface area contributed by atoms with Crippen molar-refractivity contribution in [3.8, 4) is 11.1 Å². The molecule has 158 valence electrons. The highest BCUT2D eigenvalue weighted by atomic mass is 35.5. The third kappa shape index (κ3) is 3.73. The highest BCUT2D eigenvalue weighted by Gasteiger charge is 2.17. The number of aromatic nitrogens is 1. The van der Waals surface area contributed by atoms with E-state index in [9.17, 15) is 4.79 Å². The predicted octanol–water partition coefficient (Wildman–Crippen LogP) is 7.57. The first-order valence-corrected chi connectivity index (χ1v) is 11.1. The van der Waals surface area contributed by atoms with Gasteiger partial charge in [0.15, 0.2) is 0 Å². The molecule has 5 aromatic rings. The Labute approximate surface area is 199 Å². The lowest BCUT2D eigenvalue weighted by Gasteiger charge is -2.10. The van der Waals surface area contributed by atoms with E-state index in [2.05, 4.69) is 10.6 Å². The number of primary amides is 1. The summed E-state index contributed by atoms with van der Waals surface area (Å²) < 4.78 is 2.17. The number of nitrogens with zero attached hydrogens (tertiary/aromatic N) is 1. The van der Waals surface area contributed by atoms with E-state index in [1.54, 1.807) is 12.1 Å². The van der Waals surface area contributed by atoms with E-state index >= 15 is 0 Å². The lowest BCUT2D eigenvalue weighted by molar-refractivity contribution is 0.100. The van der Waals surface area contributed by atoms with Crippen LogP contribution in [0.1, 0.15) is 15.9 Å². The third-order valence-electron chi connectivity index (χ3n) is 5.60. The van der Waals surface area contributed by atoms with Crippen molar-refractivity contribution >= 4 is 62.5 Å². The Morgan fingerprint density at radius 1 is 0.750 bits per heavy atom. The van der Waals surface area contributed by atoms with Crippen LogP contribution in [0.15, 0.2) is 78.9 Å². The van der Waals surface area contributed by atoms with Crippen molar-refractivity contribution in [1.82, 2.24) is 4.57 Å². The number of hydrogen-bond donors (Lipinski definition) is 1. The van der Waals surface area contributed by atoms with Gasteiger partial charge >= 0.3 is 0 Å². The van der Waals surface area contributed by atoms with E-state index in [0.29, 0.717) is 27.2 Å². The van der Waals surface area contributed by atoms with Gasteiger partial charge < -0.3 is 10.3 Å². The second-order valence-corrected chi connectivity index (χ2v) is 8.98. The van der Waals surface area contributed by atoms with E-state index < -0.39 is 5.91 Å². The van der Waals surface area contributed by atoms with Crippen LogP contribution in [-0.2, 0) is 6.54 Å². The molecule has 6 heteroatoms. The Morgan fingerprint density at radius 3 is 2.12 bits per heavy atom. The molecule has 1 heterocycles. The zero-order valence-corrected chi connectivity index (χ0v) is 19.0. The first-order chi connectivity index (χ1) is 15.4. The van der Waals surface area contributed by atoms with Crippen LogP contribution in [0.4, 0.5) is 0 Å². The van der Waals surface area contributed by atoms with Gasteiger partial charge in [-0.3, -0.25) is 4.79 Å². The number of fused-ring (bicyclic) bond motifs is 3. The molecule has 1 amide bonds. The molecule has 32 heavy (non-hydrogen) atoms. The summed E-state index contributed by atoms with van der Waals surface area (Å²) in [5.41, 5.74) is 11.2. The van der Waals surface area contributed by atoms with Crippen molar-refractivity contribution < 1.29 is 4.79 Å². The molecule has 0 radical (unpaired) electrons. The lowest BCUT2D eigenvalue weighted by atomic mass is 10.0. The van der Waals surface area contributed by atoms with Gasteiger partial charge in [-0.1, -0.05) is 65.1 Å². The van der Waals surface area contributed by atoms with Gasteiger partial charge in [-0.15, -0.1) is 0 Å². The van der Waals surface area contributed by atoms with Crippen LogP contribution in [0.3, 0.4) is 0 Å². The minimum Gasteiger partial charge on any atom is -0.366 e. The van der Waals surface area contributed by atoms with Crippen LogP contribution >= 0.6 is 34.8 Å². The molecule has 0 aliphatic heterocycles. The van der Waals surface area contributed by atoms with Crippen LogP contribution in [0.2, 0.25) is 15.1 Å². The van der Waals surface area contributed by atoms with Gasteiger partial charge in [-0.25, -0.2) is 0 Å². The minimum absolute atomic E-state index is 0.456. The Kier molecular flexibility index (Phi) is 5.34. The van der Waals surface area contributed by atoms with Gasteiger partial charge in [0.2, 0.25) is 5.91 Å². The Bertz CT molecular complexity index is 1480. The molecule has 1 aromatic heterocycles. The minimum atomic E-state index is -0.456. The van der Waals surface area contributed by atoms with Crippen molar-refractivity contribution in [2.75, 3.05) is 0 Å². The second kappa shape index (κ2) is 8.18. The molecule has 2 N–H and O–H groups in total. The monoisotopic (exact) mass is 478 g/mol. The summed E-state index contributed by atoms with van der Waals surface area (Å²) in [5, 5.41) is 3.64. The van der Waals surface area contributed by atoms with Crippen molar-refractivity contribution in [2.45, 2.75) is 6.54 Å². The fourth-order valence-electron chi connectivity index (χ4n) is 4.23. The molecule has 5 rings (SSSR count).